The van der Waals surface area contributed by atoms with Crippen molar-refractivity contribution in [3.8, 4) is 5.75 Å². The average Bonchev–Trinajstić information content (AvgIpc) is 3.20. The van der Waals surface area contributed by atoms with E-state index in [4.69, 9.17) is 4.74 Å². The first-order valence-electron chi connectivity index (χ1n) is 10.2. The Hall–Kier alpha value is -2.34. The number of carbonyl (C=O) groups is 2. The van der Waals surface area contributed by atoms with E-state index in [1.807, 2.05) is 49.9 Å². The van der Waals surface area contributed by atoms with Gasteiger partial charge in [0.1, 0.15) is 12.3 Å². The van der Waals surface area contributed by atoms with E-state index in [0.29, 0.717) is 13.0 Å². The van der Waals surface area contributed by atoms with Crippen LogP contribution in [0.2, 0.25) is 0 Å². The third-order valence-corrected chi connectivity index (χ3v) is 6.43. The van der Waals surface area contributed by atoms with E-state index in [1.54, 1.807) is 23.3 Å². The number of thiophene rings is 1. The summed E-state index contributed by atoms with van der Waals surface area (Å²) in [4.78, 5) is 30.9. The van der Waals surface area contributed by atoms with Crippen LogP contribution in [0.25, 0.3) is 0 Å². The molecule has 2 amide bonds. The lowest BCUT2D eigenvalue weighted by Crippen LogP contribution is -2.48. The summed E-state index contributed by atoms with van der Waals surface area (Å²) in [5.74, 6) is 0.843. The zero-order valence-electron chi connectivity index (χ0n) is 17.7. The van der Waals surface area contributed by atoms with Gasteiger partial charge in [-0.15, -0.1) is 11.3 Å². The molecule has 0 bridgehead atoms. The van der Waals surface area contributed by atoms with Crippen LogP contribution in [-0.2, 0) is 16.0 Å². The standard InChI is InChI=1S/C23H30N2O3S/c1-5-6-21(26)25(16(2)3)15-22(27)24-13-11-20-19(12-14-29-20)23(24)17-7-9-18(28-4)10-8-17/h7-10,12,14,16,23H,5-6,11,13,15H2,1-4H3/t23-/m0/s1. The van der Waals surface area contributed by atoms with E-state index in [9.17, 15) is 9.59 Å². The Morgan fingerprint density at radius 2 is 1.97 bits per heavy atom. The fourth-order valence-electron chi connectivity index (χ4n) is 3.88. The number of benzene rings is 1. The Labute approximate surface area is 177 Å². The molecule has 1 aromatic heterocycles. The second kappa shape index (κ2) is 9.44. The monoisotopic (exact) mass is 414 g/mol. The fourth-order valence-corrected chi connectivity index (χ4v) is 4.79. The van der Waals surface area contributed by atoms with Gasteiger partial charge < -0.3 is 14.5 Å². The Bertz CT molecular complexity index is 844. The number of nitrogens with zero attached hydrogens (tertiary/aromatic N) is 2. The molecule has 0 N–H and O–H groups in total. The van der Waals surface area contributed by atoms with E-state index in [-0.39, 0.29) is 30.4 Å². The second-order valence-corrected chi connectivity index (χ2v) is 8.68. The zero-order valence-corrected chi connectivity index (χ0v) is 18.5. The number of rotatable bonds is 7. The minimum Gasteiger partial charge on any atom is -0.497 e. The van der Waals surface area contributed by atoms with Crippen molar-refractivity contribution in [3.05, 3.63) is 51.7 Å². The van der Waals surface area contributed by atoms with Crippen molar-refractivity contribution in [2.45, 2.75) is 52.1 Å². The number of carbonyl (C=O) groups excluding carboxylic acids is 2. The van der Waals surface area contributed by atoms with Crippen LogP contribution in [0.1, 0.15) is 55.7 Å². The molecule has 6 heteroatoms. The Balaban J connectivity index is 1.89. The van der Waals surface area contributed by atoms with Crippen LogP contribution < -0.4 is 4.74 Å². The number of hydrogen-bond acceptors (Lipinski definition) is 4. The summed E-state index contributed by atoms with van der Waals surface area (Å²) in [6, 6.07) is 9.92. The molecule has 1 aromatic carbocycles. The van der Waals surface area contributed by atoms with Crippen LogP contribution >= 0.6 is 11.3 Å². The van der Waals surface area contributed by atoms with Gasteiger partial charge in [-0.25, -0.2) is 0 Å². The van der Waals surface area contributed by atoms with Gasteiger partial charge in [-0.2, -0.15) is 0 Å². The molecule has 0 saturated carbocycles. The fraction of sp³-hybridized carbons (Fsp3) is 0.478. The van der Waals surface area contributed by atoms with Crippen molar-refractivity contribution in [1.82, 2.24) is 9.80 Å². The van der Waals surface area contributed by atoms with Crippen LogP contribution in [-0.4, -0.2) is 47.9 Å². The Morgan fingerprint density at radius 3 is 2.59 bits per heavy atom. The first kappa shape index (κ1) is 21.4. The first-order chi connectivity index (χ1) is 14.0. The normalized spacial score (nSPS) is 15.9. The van der Waals surface area contributed by atoms with Gasteiger partial charge in [0.25, 0.3) is 0 Å². The van der Waals surface area contributed by atoms with Crippen molar-refractivity contribution in [2.75, 3.05) is 20.2 Å². The zero-order chi connectivity index (χ0) is 21.0. The molecule has 5 nitrogen and oxygen atoms in total. The van der Waals surface area contributed by atoms with Gasteiger partial charge in [0.05, 0.1) is 13.2 Å². The summed E-state index contributed by atoms with van der Waals surface area (Å²) in [5.41, 5.74) is 2.25. The third kappa shape index (κ3) is 4.64. The minimum atomic E-state index is -0.126. The molecular weight excluding hydrogens is 384 g/mol. The Morgan fingerprint density at radius 1 is 1.24 bits per heavy atom. The number of fused-ring (bicyclic) bond motifs is 1. The molecule has 2 heterocycles. The lowest BCUT2D eigenvalue weighted by Gasteiger charge is -2.38. The molecule has 1 aliphatic rings. The SMILES string of the molecule is CCCC(=O)N(CC(=O)N1CCc2sccc2[C@@H]1c1ccc(OC)cc1)C(C)C. The van der Waals surface area contributed by atoms with Gasteiger partial charge in [0.15, 0.2) is 0 Å². The van der Waals surface area contributed by atoms with Crippen LogP contribution in [0.5, 0.6) is 5.75 Å². The maximum atomic E-state index is 13.4. The largest absolute Gasteiger partial charge is 0.497 e. The van der Waals surface area contributed by atoms with E-state index < -0.39 is 0 Å². The van der Waals surface area contributed by atoms with E-state index >= 15 is 0 Å². The summed E-state index contributed by atoms with van der Waals surface area (Å²) in [7, 11) is 1.65. The van der Waals surface area contributed by atoms with Gasteiger partial charge in [-0.05, 0) is 61.4 Å². The predicted molar refractivity (Wildman–Crippen MR) is 116 cm³/mol. The molecule has 2 aromatic rings. The van der Waals surface area contributed by atoms with Crippen LogP contribution in [0.15, 0.2) is 35.7 Å². The highest BCUT2D eigenvalue weighted by Gasteiger charge is 2.34. The molecule has 0 spiro atoms. The maximum absolute atomic E-state index is 13.4. The van der Waals surface area contributed by atoms with Crippen molar-refractivity contribution in [3.63, 3.8) is 0 Å². The summed E-state index contributed by atoms with van der Waals surface area (Å²) in [5, 5.41) is 2.10. The third-order valence-electron chi connectivity index (χ3n) is 5.43. The van der Waals surface area contributed by atoms with Gasteiger partial charge in [-0.1, -0.05) is 19.1 Å². The van der Waals surface area contributed by atoms with Gasteiger partial charge in [0, 0.05) is 23.9 Å². The van der Waals surface area contributed by atoms with Gasteiger partial charge in [0.2, 0.25) is 11.8 Å². The molecule has 3 rings (SSSR count). The molecule has 1 aliphatic heterocycles. The number of methoxy groups -OCH3 is 1. The van der Waals surface area contributed by atoms with E-state index in [1.165, 1.54) is 10.4 Å². The first-order valence-corrected chi connectivity index (χ1v) is 11.1. The van der Waals surface area contributed by atoms with Crippen LogP contribution in [0, 0.1) is 0 Å². The van der Waals surface area contributed by atoms with Gasteiger partial charge in [-0.3, -0.25) is 9.59 Å². The molecule has 0 unspecified atom stereocenters. The number of amides is 2. The summed E-state index contributed by atoms with van der Waals surface area (Å²) >= 11 is 1.75. The predicted octanol–water partition coefficient (Wildman–Crippen LogP) is 4.27. The summed E-state index contributed by atoms with van der Waals surface area (Å²) in [6.45, 7) is 6.71. The molecule has 156 valence electrons. The maximum Gasteiger partial charge on any atom is 0.243 e. The Kier molecular flexibility index (Phi) is 6.96. The molecule has 0 saturated heterocycles. The van der Waals surface area contributed by atoms with E-state index in [2.05, 4.69) is 11.4 Å². The topological polar surface area (TPSA) is 49.9 Å². The minimum absolute atomic E-state index is 0.000760. The van der Waals surface area contributed by atoms with Crippen molar-refractivity contribution in [2.24, 2.45) is 0 Å². The number of ether oxygens (including phenoxy) is 1. The molecule has 1 atom stereocenters. The second-order valence-electron chi connectivity index (χ2n) is 7.68. The van der Waals surface area contributed by atoms with Crippen LogP contribution in [0.4, 0.5) is 0 Å². The van der Waals surface area contributed by atoms with Crippen molar-refractivity contribution < 1.29 is 14.3 Å². The molecular formula is C23H30N2O3S. The molecule has 29 heavy (non-hydrogen) atoms. The van der Waals surface area contributed by atoms with Crippen LogP contribution in [0.3, 0.4) is 0 Å². The quantitative estimate of drug-likeness (QED) is 0.680. The molecule has 0 radical (unpaired) electrons. The lowest BCUT2D eigenvalue weighted by atomic mass is 9.93. The highest BCUT2D eigenvalue weighted by atomic mass is 32.1. The van der Waals surface area contributed by atoms with Crippen molar-refractivity contribution >= 4 is 23.2 Å². The summed E-state index contributed by atoms with van der Waals surface area (Å²) < 4.78 is 5.29. The summed E-state index contributed by atoms with van der Waals surface area (Å²) in [6.07, 6.45) is 2.12. The highest BCUT2D eigenvalue weighted by Crippen LogP contribution is 2.38. The van der Waals surface area contributed by atoms with Crippen molar-refractivity contribution in [1.29, 1.82) is 0 Å². The number of hydrogen-bond donors (Lipinski definition) is 0. The molecule has 0 aliphatic carbocycles. The molecule has 0 fully saturated rings. The average molecular weight is 415 g/mol. The van der Waals surface area contributed by atoms with E-state index in [0.717, 1.165) is 24.2 Å². The highest BCUT2D eigenvalue weighted by molar-refractivity contribution is 7.10. The van der Waals surface area contributed by atoms with Gasteiger partial charge >= 0.3 is 0 Å². The smallest absolute Gasteiger partial charge is 0.243 e. The lowest BCUT2D eigenvalue weighted by molar-refractivity contribution is -0.143.